The zero-order valence-corrected chi connectivity index (χ0v) is 12.8. The van der Waals surface area contributed by atoms with Crippen molar-refractivity contribution in [1.82, 2.24) is 4.98 Å². The molecule has 0 radical (unpaired) electrons. The van der Waals surface area contributed by atoms with Crippen LogP contribution in [0.4, 0.5) is 0 Å². The summed E-state index contributed by atoms with van der Waals surface area (Å²) in [5.74, 6) is 0. The number of nitrogens with two attached hydrogens (primary N) is 1. The first-order chi connectivity index (χ1) is 8.94. The van der Waals surface area contributed by atoms with Gasteiger partial charge in [-0.05, 0) is 30.5 Å². The van der Waals surface area contributed by atoms with E-state index in [1.165, 1.54) is 34.5 Å². The molecule has 19 heavy (non-hydrogen) atoms. The lowest BCUT2D eigenvalue weighted by molar-refractivity contribution is 0.253. The second kappa shape index (κ2) is 4.29. The summed E-state index contributed by atoms with van der Waals surface area (Å²) in [5, 5.41) is 1.22. The van der Waals surface area contributed by atoms with Gasteiger partial charge in [0.05, 0.1) is 15.2 Å². The highest BCUT2D eigenvalue weighted by molar-refractivity contribution is 7.18. The molecule has 1 aromatic carbocycles. The molecule has 0 bridgehead atoms. The Bertz CT molecular complexity index is 597. The summed E-state index contributed by atoms with van der Waals surface area (Å²) in [6.07, 6.45) is 3.76. The fourth-order valence-electron chi connectivity index (χ4n) is 2.79. The molecule has 2 aromatic rings. The SMILES string of the molecule is CC(C)(C)c1nc2cc(C3(CN)CCC3)ccc2s1. The molecule has 3 heteroatoms. The summed E-state index contributed by atoms with van der Waals surface area (Å²) in [4.78, 5) is 4.83. The second-order valence-corrected chi connectivity index (χ2v) is 7.82. The predicted molar refractivity (Wildman–Crippen MR) is 82.9 cm³/mol. The summed E-state index contributed by atoms with van der Waals surface area (Å²) >= 11 is 1.81. The molecule has 2 N–H and O–H groups in total. The molecule has 1 saturated carbocycles. The van der Waals surface area contributed by atoms with Crippen molar-refractivity contribution in [1.29, 1.82) is 0 Å². The highest BCUT2D eigenvalue weighted by Crippen LogP contribution is 2.44. The number of nitrogens with zero attached hydrogens (tertiary/aromatic N) is 1. The quantitative estimate of drug-likeness (QED) is 0.900. The van der Waals surface area contributed by atoms with Crippen LogP contribution in [0.1, 0.15) is 50.6 Å². The summed E-state index contributed by atoms with van der Waals surface area (Å²) in [5.41, 5.74) is 8.90. The van der Waals surface area contributed by atoms with Gasteiger partial charge in [-0.25, -0.2) is 4.98 Å². The molecule has 1 aliphatic rings. The van der Waals surface area contributed by atoms with Gasteiger partial charge < -0.3 is 5.73 Å². The van der Waals surface area contributed by atoms with Crippen LogP contribution in [-0.2, 0) is 10.8 Å². The van der Waals surface area contributed by atoms with Gasteiger partial charge in [0.2, 0.25) is 0 Å². The van der Waals surface area contributed by atoms with Crippen LogP contribution in [0.3, 0.4) is 0 Å². The van der Waals surface area contributed by atoms with Gasteiger partial charge in [0.25, 0.3) is 0 Å². The van der Waals surface area contributed by atoms with Gasteiger partial charge in [0.15, 0.2) is 0 Å². The minimum atomic E-state index is 0.131. The van der Waals surface area contributed by atoms with Crippen LogP contribution >= 0.6 is 11.3 Å². The van der Waals surface area contributed by atoms with Crippen molar-refractivity contribution < 1.29 is 0 Å². The summed E-state index contributed by atoms with van der Waals surface area (Å²) in [7, 11) is 0. The van der Waals surface area contributed by atoms with Gasteiger partial charge in [0, 0.05) is 17.4 Å². The van der Waals surface area contributed by atoms with Crippen molar-refractivity contribution in [3.05, 3.63) is 28.8 Å². The van der Waals surface area contributed by atoms with Crippen molar-refractivity contribution in [2.75, 3.05) is 6.54 Å². The minimum Gasteiger partial charge on any atom is -0.330 e. The van der Waals surface area contributed by atoms with Crippen molar-refractivity contribution >= 4 is 21.6 Å². The first kappa shape index (κ1) is 13.1. The molecule has 0 atom stereocenters. The molecule has 1 aliphatic carbocycles. The van der Waals surface area contributed by atoms with Crippen LogP contribution in [0.2, 0.25) is 0 Å². The predicted octanol–water partition coefficient (Wildman–Crippen LogP) is 3.97. The Balaban J connectivity index is 2.06. The van der Waals surface area contributed by atoms with E-state index in [1.807, 2.05) is 11.3 Å². The minimum absolute atomic E-state index is 0.131. The molecule has 0 amide bonds. The monoisotopic (exact) mass is 274 g/mol. The third-order valence-electron chi connectivity index (χ3n) is 4.34. The molecule has 1 heterocycles. The van der Waals surface area contributed by atoms with Gasteiger partial charge in [-0.3, -0.25) is 0 Å². The van der Waals surface area contributed by atoms with E-state index in [-0.39, 0.29) is 10.8 Å². The summed E-state index contributed by atoms with van der Waals surface area (Å²) in [6, 6.07) is 6.76. The van der Waals surface area contributed by atoms with E-state index in [2.05, 4.69) is 39.0 Å². The molecular formula is C16H22N2S. The molecule has 0 unspecified atom stereocenters. The molecule has 3 rings (SSSR count). The number of fused-ring (bicyclic) bond motifs is 1. The average molecular weight is 274 g/mol. The Kier molecular flexibility index (Phi) is 2.95. The zero-order valence-electron chi connectivity index (χ0n) is 12.0. The molecule has 2 nitrogen and oxygen atoms in total. The van der Waals surface area contributed by atoms with E-state index in [0.29, 0.717) is 0 Å². The molecule has 0 aliphatic heterocycles. The average Bonchev–Trinajstić information content (AvgIpc) is 2.71. The molecular weight excluding hydrogens is 252 g/mol. The standard InChI is InChI=1S/C16H22N2S/c1-15(2,3)14-18-12-9-11(5-6-13(12)19-14)16(10-17)7-4-8-16/h5-6,9H,4,7-8,10,17H2,1-3H3. The van der Waals surface area contributed by atoms with Gasteiger partial charge >= 0.3 is 0 Å². The molecule has 0 spiro atoms. The number of benzene rings is 1. The van der Waals surface area contributed by atoms with Crippen LogP contribution in [0, 0.1) is 0 Å². The number of hydrogen-bond acceptors (Lipinski definition) is 3. The van der Waals surface area contributed by atoms with E-state index in [1.54, 1.807) is 0 Å². The van der Waals surface area contributed by atoms with Gasteiger partial charge in [-0.15, -0.1) is 11.3 Å². The van der Waals surface area contributed by atoms with Crippen LogP contribution in [0.5, 0.6) is 0 Å². The summed E-state index contributed by atoms with van der Waals surface area (Å²) < 4.78 is 1.29. The Hall–Kier alpha value is -0.930. The number of aromatic nitrogens is 1. The fraction of sp³-hybridized carbons (Fsp3) is 0.562. The van der Waals surface area contributed by atoms with E-state index >= 15 is 0 Å². The van der Waals surface area contributed by atoms with Crippen LogP contribution in [0.25, 0.3) is 10.2 Å². The maximum absolute atomic E-state index is 6.00. The number of rotatable bonds is 2. The maximum atomic E-state index is 6.00. The molecule has 102 valence electrons. The third-order valence-corrected chi connectivity index (χ3v) is 5.81. The van der Waals surface area contributed by atoms with Crippen LogP contribution < -0.4 is 5.73 Å². The van der Waals surface area contributed by atoms with Gasteiger partial charge in [-0.1, -0.05) is 33.3 Å². The number of hydrogen-bond donors (Lipinski definition) is 1. The normalized spacial score (nSPS) is 18.5. The summed E-state index contributed by atoms with van der Waals surface area (Å²) in [6.45, 7) is 7.42. The molecule has 1 aromatic heterocycles. The van der Waals surface area contributed by atoms with E-state index in [4.69, 9.17) is 10.7 Å². The fourth-order valence-corrected chi connectivity index (χ4v) is 3.80. The number of thiazole rings is 1. The zero-order chi connectivity index (χ0) is 13.7. The van der Waals surface area contributed by atoms with Crippen LogP contribution in [-0.4, -0.2) is 11.5 Å². The van der Waals surface area contributed by atoms with E-state index in [0.717, 1.165) is 12.1 Å². The lowest BCUT2D eigenvalue weighted by atomic mass is 9.64. The Morgan fingerprint density at radius 1 is 1.32 bits per heavy atom. The van der Waals surface area contributed by atoms with Gasteiger partial charge in [0.1, 0.15) is 0 Å². The third kappa shape index (κ3) is 2.09. The smallest absolute Gasteiger partial charge is 0.0992 e. The van der Waals surface area contributed by atoms with E-state index in [9.17, 15) is 0 Å². The lowest BCUT2D eigenvalue weighted by Crippen LogP contribution is -2.41. The van der Waals surface area contributed by atoms with Crippen molar-refractivity contribution in [3.63, 3.8) is 0 Å². The van der Waals surface area contributed by atoms with Crippen LogP contribution in [0.15, 0.2) is 18.2 Å². The topological polar surface area (TPSA) is 38.9 Å². The first-order valence-electron chi connectivity index (χ1n) is 7.06. The van der Waals surface area contributed by atoms with E-state index < -0.39 is 0 Å². The highest BCUT2D eigenvalue weighted by atomic mass is 32.1. The second-order valence-electron chi connectivity index (χ2n) is 6.79. The Morgan fingerprint density at radius 2 is 2.05 bits per heavy atom. The Morgan fingerprint density at radius 3 is 2.58 bits per heavy atom. The molecule has 0 saturated heterocycles. The van der Waals surface area contributed by atoms with Gasteiger partial charge in [-0.2, -0.15) is 0 Å². The highest BCUT2D eigenvalue weighted by Gasteiger charge is 2.37. The maximum Gasteiger partial charge on any atom is 0.0992 e. The first-order valence-corrected chi connectivity index (χ1v) is 7.88. The van der Waals surface area contributed by atoms with Crippen molar-refractivity contribution in [2.24, 2.45) is 5.73 Å². The molecule has 1 fully saturated rings. The van der Waals surface area contributed by atoms with Crippen molar-refractivity contribution in [3.8, 4) is 0 Å². The largest absolute Gasteiger partial charge is 0.330 e. The lowest BCUT2D eigenvalue weighted by Gasteiger charge is -2.41. The Labute approximate surface area is 119 Å². The van der Waals surface area contributed by atoms with Crippen molar-refractivity contribution in [2.45, 2.75) is 50.9 Å².